The van der Waals surface area contributed by atoms with Crippen molar-refractivity contribution < 1.29 is 10.2 Å². The van der Waals surface area contributed by atoms with Gasteiger partial charge >= 0.3 is 0 Å². The second-order valence-electron chi connectivity index (χ2n) is 7.31. The maximum absolute atomic E-state index is 9.13. The fourth-order valence-electron chi connectivity index (χ4n) is 2.35. The van der Waals surface area contributed by atoms with E-state index >= 15 is 0 Å². The molecule has 1 saturated carbocycles. The summed E-state index contributed by atoms with van der Waals surface area (Å²) < 4.78 is 0. The molecular formula is C20H46N2O2. The van der Waals surface area contributed by atoms with Crippen LogP contribution < -0.4 is 10.6 Å². The SMILES string of the molecule is C1CCCCC1.CC1(O)CCNC1.CCC.CCCNCC(C)O. The van der Waals surface area contributed by atoms with Crippen molar-refractivity contribution in [3.05, 3.63) is 0 Å². The molecule has 2 unspecified atom stereocenters. The Labute approximate surface area is 151 Å². The second kappa shape index (κ2) is 19.2. The van der Waals surface area contributed by atoms with Gasteiger partial charge in [0.15, 0.2) is 0 Å². The van der Waals surface area contributed by atoms with Gasteiger partial charge in [0.2, 0.25) is 0 Å². The van der Waals surface area contributed by atoms with Crippen LogP contribution in [0.15, 0.2) is 0 Å². The molecule has 0 radical (unpaired) electrons. The van der Waals surface area contributed by atoms with Gasteiger partial charge in [-0.05, 0) is 39.8 Å². The summed E-state index contributed by atoms with van der Waals surface area (Å²) in [5, 5.41) is 24.0. The van der Waals surface area contributed by atoms with Crippen LogP contribution in [-0.4, -0.2) is 48.1 Å². The predicted molar refractivity (Wildman–Crippen MR) is 107 cm³/mol. The lowest BCUT2D eigenvalue weighted by Gasteiger charge is -2.11. The fraction of sp³-hybridized carbons (Fsp3) is 1.00. The Morgan fingerprint density at radius 2 is 1.50 bits per heavy atom. The lowest BCUT2D eigenvalue weighted by atomic mass is 10.0. The Morgan fingerprint density at radius 1 is 1.04 bits per heavy atom. The molecule has 1 aliphatic carbocycles. The molecule has 1 saturated heterocycles. The van der Waals surface area contributed by atoms with Gasteiger partial charge in [0, 0.05) is 13.1 Å². The van der Waals surface area contributed by atoms with Crippen LogP contribution in [0.2, 0.25) is 0 Å². The highest BCUT2D eigenvalue weighted by Crippen LogP contribution is 2.15. The van der Waals surface area contributed by atoms with Crippen LogP contribution in [0.25, 0.3) is 0 Å². The van der Waals surface area contributed by atoms with Gasteiger partial charge in [-0.15, -0.1) is 0 Å². The van der Waals surface area contributed by atoms with Gasteiger partial charge in [0.25, 0.3) is 0 Å². The molecule has 2 rings (SSSR count). The maximum atomic E-state index is 9.13. The van der Waals surface area contributed by atoms with Crippen molar-refractivity contribution in [3.8, 4) is 0 Å². The second-order valence-corrected chi connectivity index (χ2v) is 7.31. The Hall–Kier alpha value is -0.160. The van der Waals surface area contributed by atoms with Gasteiger partial charge < -0.3 is 20.8 Å². The third-order valence-electron chi connectivity index (χ3n) is 3.71. The van der Waals surface area contributed by atoms with Gasteiger partial charge in [-0.3, -0.25) is 0 Å². The first kappa shape index (κ1) is 26.1. The highest BCUT2D eigenvalue weighted by atomic mass is 16.3. The fourth-order valence-corrected chi connectivity index (χ4v) is 2.35. The zero-order chi connectivity index (χ0) is 18.7. The van der Waals surface area contributed by atoms with Crippen molar-refractivity contribution in [1.29, 1.82) is 0 Å². The maximum Gasteiger partial charge on any atom is 0.0755 e. The molecule has 4 N–H and O–H groups in total. The Kier molecular flexibility index (Phi) is 20.8. The molecule has 4 heteroatoms. The largest absolute Gasteiger partial charge is 0.392 e. The number of β-amino-alcohol motifs (C(OH)–C–C–N with tert-alkyl or cyclic N) is 1. The number of aliphatic hydroxyl groups excluding tert-OH is 1. The van der Waals surface area contributed by atoms with Crippen molar-refractivity contribution in [2.75, 3.05) is 26.2 Å². The van der Waals surface area contributed by atoms with Crippen LogP contribution in [0.5, 0.6) is 0 Å². The summed E-state index contributed by atoms with van der Waals surface area (Å²) in [5.74, 6) is 0. The molecule has 24 heavy (non-hydrogen) atoms. The smallest absolute Gasteiger partial charge is 0.0755 e. The number of hydrogen-bond acceptors (Lipinski definition) is 4. The average Bonchev–Trinajstić information content (AvgIpc) is 2.95. The number of aliphatic hydroxyl groups is 2. The van der Waals surface area contributed by atoms with Crippen molar-refractivity contribution in [1.82, 2.24) is 10.6 Å². The van der Waals surface area contributed by atoms with Crippen LogP contribution in [0.4, 0.5) is 0 Å². The van der Waals surface area contributed by atoms with Crippen LogP contribution in [-0.2, 0) is 0 Å². The first-order valence-electron chi connectivity index (χ1n) is 10.2. The van der Waals surface area contributed by atoms with Gasteiger partial charge in [-0.1, -0.05) is 65.7 Å². The molecule has 2 atom stereocenters. The molecule has 0 aromatic rings. The predicted octanol–water partition coefficient (Wildman–Crippen LogP) is 3.85. The van der Waals surface area contributed by atoms with Crippen LogP contribution in [0, 0.1) is 0 Å². The Balaban J connectivity index is 0. The number of hydrogen-bond donors (Lipinski definition) is 4. The van der Waals surface area contributed by atoms with Gasteiger partial charge in [0.1, 0.15) is 0 Å². The lowest BCUT2D eigenvalue weighted by molar-refractivity contribution is 0.0820. The van der Waals surface area contributed by atoms with Gasteiger partial charge in [-0.2, -0.15) is 0 Å². The molecular weight excluding hydrogens is 300 g/mol. The van der Waals surface area contributed by atoms with E-state index in [0.29, 0.717) is 6.54 Å². The molecule has 0 bridgehead atoms. The quantitative estimate of drug-likeness (QED) is 0.584. The standard InChI is InChI=1S/C6H15NO.C6H12.C5H11NO.C3H8/c1-3-4-7-5-6(2)8;1-2-4-6-5-3-1;1-5(7)2-3-6-4-5;1-3-2/h6-8H,3-5H2,1-2H3;1-6H2;6-7H,2-4H2,1H3;3H2,1-2H3. The molecule has 2 fully saturated rings. The summed E-state index contributed by atoms with van der Waals surface area (Å²) in [4.78, 5) is 0. The summed E-state index contributed by atoms with van der Waals surface area (Å²) in [7, 11) is 0. The Bertz CT molecular complexity index is 210. The monoisotopic (exact) mass is 346 g/mol. The minimum atomic E-state index is -0.417. The van der Waals surface area contributed by atoms with E-state index in [4.69, 9.17) is 10.2 Å². The molecule has 1 aliphatic heterocycles. The molecule has 1 heterocycles. The summed E-state index contributed by atoms with van der Waals surface area (Å²) in [6.45, 7) is 13.4. The average molecular weight is 347 g/mol. The zero-order valence-corrected chi connectivity index (χ0v) is 17.2. The molecule has 0 aromatic carbocycles. The van der Waals surface area contributed by atoms with E-state index in [1.165, 1.54) is 44.9 Å². The number of rotatable bonds is 4. The molecule has 148 valence electrons. The van der Waals surface area contributed by atoms with E-state index in [1.54, 1.807) is 6.92 Å². The lowest BCUT2D eigenvalue weighted by Crippen LogP contribution is -2.26. The van der Waals surface area contributed by atoms with E-state index in [0.717, 1.165) is 32.5 Å². The van der Waals surface area contributed by atoms with E-state index in [1.807, 2.05) is 6.92 Å². The van der Waals surface area contributed by atoms with Gasteiger partial charge in [0.05, 0.1) is 11.7 Å². The van der Waals surface area contributed by atoms with E-state index < -0.39 is 5.60 Å². The van der Waals surface area contributed by atoms with Crippen LogP contribution in [0.1, 0.15) is 92.4 Å². The third kappa shape index (κ3) is 24.1. The molecule has 4 nitrogen and oxygen atoms in total. The summed E-state index contributed by atoms with van der Waals surface area (Å²) >= 11 is 0. The molecule has 0 amide bonds. The van der Waals surface area contributed by atoms with E-state index in [-0.39, 0.29) is 6.10 Å². The highest BCUT2D eigenvalue weighted by molar-refractivity contribution is 4.82. The summed E-state index contributed by atoms with van der Waals surface area (Å²) in [6, 6.07) is 0. The third-order valence-corrected chi connectivity index (χ3v) is 3.71. The van der Waals surface area contributed by atoms with Crippen molar-refractivity contribution in [3.63, 3.8) is 0 Å². The van der Waals surface area contributed by atoms with Crippen molar-refractivity contribution in [2.45, 2.75) is 104 Å². The van der Waals surface area contributed by atoms with Crippen molar-refractivity contribution >= 4 is 0 Å². The van der Waals surface area contributed by atoms with Gasteiger partial charge in [-0.25, -0.2) is 0 Å². The zero-order valence-electron chi connectivity index (χ0n) is 17.2. The summed E-state index contributed by atoms with van der Waals surface area (Å²) in [6.07, 6.45) is 12.1. The van der Waals surface area contributed by atoms with E-state index in [9.17, 15) is 0 Å². The van der Waals surface area contributed by atoms with E-state index in [2.05, 4.69) is 31.4 Å². The summed E-state index contributed by atoms with van der Waals surface area (Å²) in [5.41, 5.74) is -0.417. The Morgan fingerprint density at radius 3 is 1.71 bits per heavy atom. The van der Waals surface area contributed by atoms with Crippen molar-refractivity contribution in [2.24, 2.45) is 0 Å². The first-order chi connectivity index (χ1) is 11.4. The minimum Gasteiger partial charge on any atom is -0.392 e. The minimum absolute atomic E-state index is 0.207. The van der Waals surface area contributed by atoms with Crippen LogP contribution in [0.3, 0.4) is 0 Å². The topological polar surface area (TPSA) is 64.5 Å². The normalized spacial score (nSPS) is 23.6. The first-order valence-corrected chi connectivity index (χ1v) is 10.2. The number of nitrogens with one attached hydrogen (secondary N) is 2. The molecule has 2 aliphatic rings. The van der Waals surface area contributed by atoms with Crippen LogP contribution >= 0.6 is 0 Å². The molecule has 0 aromatic heterocycles. The molecule has 0 spiro atoms. The highest BCUT2D eigenvalue weighted by Gasteiger charge is 2.23.